The van der Waals surface area contributed by atoms with E-state index in [1.54, 1.807) is 16.6 Å². The second-order valence-corrected chi connectivity index (χ2v) is 9.22. The summed E-state index contributed by atoms with van der Waals surface area (Å²) in [4.78, 5) is 1.07. The normalized spacial score (nSPS) is 15.1. The van der Waals surface area contributed by atoms with Crippen molar-refractivity contribution in [1.29, 1.82) is 0 Å². The van der Waals surface area contributed by atoms with E-state index in [1.807, 2.05) is 19.9 Å². The van der Waals surface area contributed by atoms with Crippen LogP contribution in [0.25, 0.3) is 4.96 Å². The van der Waals surface area contributed by atoms with Crippen LogP contribution >= 0.6 is 11.3 Å². The molecule has 0 atom stereocenters. The van der Waals surface area contributed by atoms with Gasteiger partial charge in [-0.3, -0.25) is 0 Å². The van der Waals surface area contributed by atoms with E-state index in [0.717, 1.165) is 39.8 Å². The molecule has 2 aromatic heterocycles. The van der Waals surface area contributed by atoms with E-state index in [1.165, 1.54) is 11.3 Å². The predicted octanol–water partition coefficient (Wildman–Crippen LogP) is 2.20. The van der Waals surface area contributed by atoms with Crippen molar-refractivity contribution in [2.24, 2.45) is 0 Å². The summed E-state index contributed by atoms with van der Waals surface area (Å²) in [5, 5.41) is 13.7. The van der Waals surface area contributed by atoms with Gasteiger partial charge in [0.2, 0.25) is 15.0 Å². The number of aromatic nitrogens is 4. The SMILES string of the molecule is Cc1ccc(S(=O)(=O)NCCc2nn3c(C4CC4)nnc3s2)cc1C. The summed E-state index contributed by atoms with van der Waals surface area (Å²) < 4.78 is 29.3. The zero-order chi connectivity index (χ0) is 17.6. The van der Waals surface area contributed by atoms with Crippen LogP contribution in [0.15, 0.2) is 23.1 Å². The molecule has 1 aliphatic rings. The Morgan fingerprint density at radius 3 is 2.76 bits per heavy atom. The number of aryl methyl sites for hydroxylation is 2. The zero-order valence-electron chi connectivity index (χ0n) is 14.1. The van der Waals surface area contributed by atoms with Gasteiger partial charge in [-0.1, -0.05) is 17.4 Å². The lowest BCUT2D eigenvalue weighted by atomic mass is 10.1. The van der Waals surface area contributed by atoms with Gasteiger partial charge in [0, 0.05) is 18.9 Å². The third-order valence-electron chi connectivity index (χ3n) is 4.42. The van der Waals surface area contributed by atoms with Gasteiger partial charge in [0.1, 0.15) is 5.01 Å². The molecular weight excluding hydrogens is 358 g/mol. The third-order valence-corrected chi connectivity index (χ3v) is 6.84. The third kappa shape index (κ3) is 3.31. The molecule has 0 saturated heterocycles. The van der Waals surface area contributed by atoms with Crippen molar-refractivity contribution in [3.05, 3.63) is 40.2 Å². The fourth-order valence-electron chi connectivity index (χ4n) is 2.63. The van der Waals surface area contributed by atoms with Crippen LogP contribution in [0.4, 0.5) is 0 Å². The van der Waals surface area contributed by atoms with Gasteiger partial charge >= 0.3 is 0 Å². The maximum Gasteiger partial charge on any atom is 0.240 e. The lowest BCUT2D eigenvalue weighted by Crippen LogP contribution is -2.26. The van der Waals surface area contributed by atoms with Crippen LogP contribution in [0.5, 0.6) is 0 Å². The highest BCUT2D eigenvalue weighted by molar-refractivity contribution is 7.89. The first-order chi connectivity index (χ1) is 11.9. The lowest BCUT2D eigenvalue weighted by Gasteiger charge is -2.08. The number of benzene rings is 1. The number of fused-ring (bicyclic) bond motifs is 1. The van der Waals surface area contributed by atoms with E-state index in [4.69, 9.17) is 0 Å². The second-order valence-electron chi connectivity index (χ2n) is 6.42. The maximum atomic E-state index is 12.4. The van der Waals surface area contributed by atoms with Crippen LogP contribution in [-0.4, -0.2) is 34.8 Å². The van der Waals surface area contributed by atoms with E-state index < -0.39 is 10.0 Å². The Bertz CT molecular complexity index is 1030. The highest BCUT2D eigenvalue weighted by Crippen LogP contribution is 2.39. The molecule has 2 heterocycles. The van der Waals surface area contributed by atoms with Crippen molar-refractivity contribution < 1.29 is 8.42 Å². The Morgan fingerprint density at radius 2 is 2.04 bits per heavy atom. The minimum atomic E-state index is -3.51. The summed E-state index contributed by atoms with van der Waals surface area (Å²) in [6, 6.07) is 5.16. The molecular formula is C16H19N5O2S2. The number of sulfonamides is 1. The molecule has 1 aromatic carbocycles. The predicted molar refractivity (Wildman–Crippen MR) is 95.4 cm³/mol. The molecule has 0 radical (unpaired) electrons. The van der Waals surface area contributed by atoms with Crippen molar-refractivity contribution >= 4 is 26.3 Å². The fraction of sp³-hybridized carbons (Fsp3) is 0.438. The number of nitrogens with zero attached hydrogens (tertiary/aromatic N) is 4. The lowest BCUT2D eigenvalue weighted by molar-refractivity contribution is 0.581. The summed E-state index contributed by atoms with van der Waals surface area (Å²) in [5.41, 5.74) is 2.04. The summed E-state index contributed by atoms with van der Waals surface area (Å²) in [5.74, 6) is 1.40. The first-order valence-electron chi connectivity index (χ1n) is 8.22. The van der Waals surface area contributed by atoms with E-state index in [0.29, 0.717) is 23.8 Å². The van der Waals surface area contributed by atoms with Crippen LogP contribution in [0.1, 0.15) is 40.7 Å². The Hall–Kier alpha value is -1.84. The molecule has 0 amide bonds. The van der Waals surface area contributed by atoms with Gasteiger partial charge in [0.05, 0.1) is 4.90 Å². The molecule has 1 aliphatic carbocycles. The Labute approximate surface area is 150 Å². The average Bonchev–Trinajstić information content (AvgIpc) is 3.20. The van der Waals surface area contributed by atoms with E-state index in [2.05, 4.69) is 20.0 Å². The number of hydrogen-bond acceptors (Lipinski definition) is 6. The fourth-order valence-corrected chi connectivity index (χ4v) is 4.58. The number of hydrogen-bond donors (Lipinski definition) is 1. The molecule has 7 nitrogen and oxygen atoms in total. The largest absolute Gasteiger partial charge is 0.240 e. The van der Waals surface area contributed by atoms with Crippen LogP contribution in [-0.2, 0) is 16.4 Å². The van der Waals surface area contributed by atoms with Crippen LogP contribution in [0.2, 0.25) is 0 Å². The molecule has 4 rings (SSSR count). The van der Waals surface area contributed by atoms with E-state index in [9.17, 15) is 8.42 Å². The zero-order valence-corrected chi connectivity index (χ0v) is 15.7. The molecule has 3 aromatic rings. The minimum absolute atomic E-state index is 0.296. The Morgan fingerprint density at radius 1 is 1.24 bits per heavy atom. The van der Waals surface area contributed by atoms with Gasteiger partial charge in [-0.15, -0.1) is 10.2 Å². The molecule has 25 heavy (non-hydrogen) atoms. The molecule has 132 valence electrons. The minimum Gasteiger partial charge on any atom is -0.211 e. The molecule has 1 N–H and O–H groups in total. The van der Waals surface area contributed by atoms with Gasteiger partial charge in [-0.05, 0) is 49.9 Å². The Balaban J connectivity index is 1.43. The van der Waals surface area contributed by atoms with E-state index >= 15 is 0 Å². The maximum absolute atomic E-state index is 12.4. The Kier molecular flexibility index (Phi) is 4.09. The standard InChI is InChI=1S/C16H19N5O2S2/c1-10-3-6-13(9-11(10)2)25(22,23)17-8-7-14-20-21-15(12-4-5-12)18-19-16(21)24-14/h3,6,9,12,17H,4-5,7-8H2,1-2H3. The molecule has 9 heteroatoms. The van der Waals surface area contributed by atoms with Gasteiger partial charge in [0.15, 0.2) is 5.82 Å². The number of rotatable bonds is 6. The highest BCUT2D eigenvalue weighted by Gasteiger charge is 2.30. The monoisotopic (exact) mass is 377 g/mol. The van der Waals surface area contributed by atoms with E-state index in [-0.39, 0.29) is 0 Å². The van der Waals surface area contributed by atoms with Gasteiger partial charge in [-0.2, -0.15) is 9.61 Å². The van der Waals surface area contributed by atoms with Crippen LogP contribution in [0.3, 0.4) is 0 Å². The molecule has 1 fully saturated rings. The average molecular weight is 377 g/mol. The first-order valence-corrected chi connectivity index (χ1v) is 10.5. The van der Waals surface area contributed by atoms with Gasteiger partial charge < -0.3 is 0 Å². The quantitative estimate of drug-likeness (QED) is 0.711. The smallest absolute Gasteiger partial charge is 0.211 e. The van der Waals surface area contributed by atoms with Crippen LogP contribution < -0.4 is 4.72 Å². The van der Waals surface area contributed by atoms with Gasteiger partial charge in [-0.25, -0.2) is 13.1 Å². The molecule has 0 bridgehead atoms. The highest BCUT2D eigenvalue weighted by atomic mass is 32.2. The van der Waals surface area contributed by atoms with Gasteiger partial charge in [0.25, 0.3) is 0 Å². The molecule has 0 aliphatic heterocycles. The molecule has 1 saturated carbocycles. The van der Waals surface area contributed by atoms with Crippen molar-refractivity contribution in [1.82, 2.24) is 24.5 Å². The second kappa shape index (κ2) is 6.15. The molecule has 0 unspecified atom stereocenters. The van der Waals surface area contributed by atoms with Crippen LogP contribution in [0, 0.1) is 13.8 Å². The van der Waals surface area contributed by atoms with Crippen molar-refractivity contribution in [3.63, 3.8) is 0 Å². The summed E-state index contributed by atoms with van der Waals surface area (Å²) >= 11 is 1.46. The van der Waals surface area contributed by atoms with Crippen molar-refractivity contribution in [2.45, 2.75) is 43.9 Å². The topological polar surface area (TPSA) is 89.2 Å². The summed E-state index contributed by atoms with van der Waals surface area (Å²) in [6.45, 7) is 4.17. The summed E-state index contributed by atoms with van der Waals surface area (Å²) in [7, 11) is -3.51. The summed E-state index contributed by atoms with van der Waals surface area (Å²) in [6.07, 6.45) is 2.81. The molecule has 0 spiro atoms. The first kappa shape index (κ1) is 16.6. The number of nitrogens with one attached hydrogen (secondary N) is 1. The van der Waals surface area contributed by atoms with Crippen molar-refractivity contribution in [2.75, 3.05) is 6.54 Å². The van der Waals surface area contributed by atoms with Crippen molar-refractivity contribution in [3.8, 4) is 0 Å².